The second-order valence-corrected chi connectivity index (χ2v) is 12.2. The van der Waals surface area contributed by atoms with Crippen LogP contribution >= 0.6 is 0 Å². The first-order chi connectivity index (χ1) is 24.6. The van der Waals surface area contributed by atoms with Crippen LogP contribution in [0.2, 0.25) is 0 Å². The van der Waals surface area contributed by atoms with Crippen LogP contribution in [0.4, 0.5) is 10.5 Å². The van der Waals surface area contributed by atoms with E-state index < -0.39 is 78.7 Å². The van der Waals surface area contributed by atoms with Gasteiger partial charge in [-0.3, -0.25) is 40.1 Å². The Balaban J connectivity index is 1.63. The molecule has 1 fully saturated rings. The second kappa shape index (κ2) is 19.2. The molecular formula is C32H43N7O13. The number of amides is 6. The van der Waals surface area contributed by atoms with Crippen LogP contribution in [-0.2, 0) is 49.6 Å². The van der Waals surface area contributed by atoms with Crippen molar-refractivity contribution >= 4 is 53.6 Å². The lowest BCUT2D eigenvalue weighted by molar-refractivity contribution is -0.195. The zero-order valence-corrected chi connectivity index (χ0v) is 28.7. The summed E-state index contributed by atoms with van der Waals surface area (Å²) in [6.45, 7) is 2.27. The Morgan fingerprint density at radius 2 is 1.79 bits per heavy atom. The Bertz CT molecular complexity index is 1530. The number of ether oxygens (including phenoxy) is 3. The van der Waals surface area contributed by atoms with Crippen LogP contribution in [0.3, 0.4) is 0 Å². The van der Waals surface area contributed by atoms with E-state index in [2.05, 4.69) is 21.4 Å². The molecule has 0 saturated carbocycles. The van der Waals surface area contributed by atoms with Crippen LogP contribution in [0.5, 0.6) is 5.75 Å². The minimum Gasteiger partial charge on any atom is -0.479 e. The van der Waals surface area contributed by atoms with Crippen LogP contribution in [-0.4, -0.2) is 125 Å². The fourth-order valence-corrected chi connectivity index (χ4v) is 5.18. The van der Waals surface area contributed by atoms with E-state index in [-0.39, 0.29) is 56.3 Å². The third-order valence-electron chi connectivity index (χ3n) is 7.90. The summed E-state index contributed by atoms with van der Waals surface area (Å²) in [6.07, 6.45) is -2.17. The molecule has 1 saturated heterocycles. The summed E-state index contributed by atoms with van der Waals surface area (Å²) in [6, 6.07) is 2.33. The van der Waals surface area contributed by atoms with Crippen molar-refractivity contribution in [2.75, 3.05) is 32.0 Å². The first-order valence-electron chi connectivity index (χ1n) is 16.2. The highest BCUT2D eigenvalue weighted by Crippen LogP contribution is 2.31. The number of imide groups is 1. The molecular weight excluding hydrogens is 690 g/mol. The number of hydrazine groups is 1. The van der Waals surface area contributed by atoms with Crippen LogP contribution < -0.4 is 32.0 Å². The van der Waals surface area contributed by atoms with Gasteiger partial charge in [0.1, 0.15) is 24.7 Å². The number of likely N-dealkylation sites (N-methyl/N-ethyl adjacent to an activating group) is 1. The molecule has 2 heterocycles. The highest BCUT2D eigenvalue weighted by molar-refractivity contribution is 6.15. The highest BCUT2D eigenvalue weighted by atomic mass is 16.7. The maximum absolute atomic E-state index is 13.0. The summed E-state index contributed by atoms with van der Waals surface area (Å²) in [5.41, 5.74) is 2.68. The zero-order valence-electron chi connectivity index (χ0n) is 28.7. The molecule has 5 unspecified atom stereocenters. The first-order valence-corrected chi connectivity index (χ1v) is 16.2. The van der Waals surface area contributed by atoms with E-state index in [9.17, 15) is 48.6 Å². The average molecular weight is 734 g/mol. The molecule has 1 aromatic rings. The largest absolute Gasteiger partial charge is 0.479 e. The molecule has 0 radical (unpaired) electrons. The number of nitrogens with zero attached hydrogens (tertiary/aromatic N) is 2. The molecule has 284 valence electrons. The number of anilines is 1. The van der Waals surface area contributed by atoms with Crippen LogP contribution in [0.15, 0.2) is 30.4 Å². The number of carboxylic acid groups (broad SMARTS) is 1. The van der Waals surface area contributed by atoms with Gasteiger partial charge in [0.15, 0.2) is 6.10 Å². The van der Waals surface area contributed by atoms with E-state index in [1.807, 2.05) is 0 Å². The number of nitrogens with one attached hydrogen (secondary N) is 4. The van der Waals surface area contributed by atoms with Crippen LogP contribution in [0.1, 0.15) is 38.7 Å². The summed E-state index contributed by atoms with van der Waals surface area (Å²) in [4.78, 5) is 99.3. The maximum atomic E-state index is 13.0. The van der Waals surface area contributed by atoms with Gasteiger partial charge in [0.25, 0.3) is 11.8 Å². The molecule has 8 N–H and O–H groups in total. The van der Waals surface area contributed by atoms with E-state index in [4.69, 9.17) is 20.1 Å². The monoisotopic (exact) mass is 733 g/mol. The van der Waals surface area contributed by atoms with Crippen molar-refractivity contribution in [2.45, 2.75) is 70.3 Å². The van der Waals surface area contributed by atoms with Gasteiger partial charge in [0.05, 0.1) is 24.4 Å². The van der Waals surface area contributed by atoms with E-state index >= 15 is 0 Å². The molecule has 0 bridgehead atoms. The lowest BCUT2D eigenvalue weighted by atomic mass is 10.1. The second-order valence-electron chi connectivity index (χ2n) is 12.2. The number of hydrogen-bond donors (Lipinski definition) is 7. The number of carboxylic acids is 1. The number of aliphatic hydroxyl groups is 1. The number of aliphatic hydroxyl groups excluding tert-OH is 1. The van der Waals surface area contributed by atoms with Crippen molar-refractivity contribution in [1.82, 2.24) is 25.9 Å². The summed E-state index contributed by atoms with van der Waals surface area (Å²) in [5, 5.41) is 26.9. The van der Waals surface area contributed by atoms with E-state index in [1.54, 1.807) is 13.8 Å². The number of aldehydes is 1. The lowest BCUT2D eigenvalue weighted by Gasteiger charge is -2.31. The van der Waals surface area contributed by atoms with E-state index in [0.717, 1.165) is 17.1 Å². The number of nitrogens with two attached hydrogens (primary N) is 1. The van der Waals surface area contributed by atoms with Crippen LogP contribution in [0, 0.1) is 5.92 Å². The Labute approximate surface area is 297 Å². The molecule has 0 aliphatic carbocycles. The molecule has 52 heavy (non-hydrogen) atoms. The summed E-state index contributed by atoms with van der Waals surface area (Å²) < 4.78 is 16.6. The molecule has 3 rings (SSSR count). The normalized spacial score (nSPS) is 19.4. The quantitative estimate of drug-likeness (QED) is 0.0376. The first kappa shape index (κ1) is 41.0. The Hall–Kier alpha value is -5.44. The van der Waals surface area contributed by atoms with Crippen molar-refractivity contribution in [3.63, 3.8) is 0 Å². The van der Waals surface area contributed by atoms with E-state index in [0.29, 0.717) is 16.7 Å². The predicted molar refractivity (Wildman–Crippen MR) is 177 cm³/mol. The molecule has 20 nitrogen and oxygen atoms in total. The van der Waals surface area contributed by atoms with Gasteiger partial charge in [-0.25, -0.2) is 9.59 Å². The Kier molecular flexibility index (Phi) is 15.2. The summed E-state index contributed by atoms with van der Waals surface area (Å²) in [5.74, 6) is 0.294. The molecule has 2 aliphatic rings. The molecule has 0 aromatic heterocycles. The fraction of sp³-hybridized carbons (Fsp3) is 0.500. The summed E-state index contributed by atoms with van der Waals surface area (Å²) >= 11 is 0. The molecule has 20 heteroatoms. The zero-order chi connectivity index (χ0) is 38.5. The molecule has 0 spiro atoms. The van der Waals surface area contributed by atoms with Crippen LogP contribution in [0.25, 0.3) is 0 Å². The number of carbonyl (C=O) groups excluding carboxylic acids is 7. The van der Waals surface area contributed by atoms with Gasteiger partial charge in [-0.15, -0.1) is 0 Å². The summed E-state index contributed by atoms with van der Waals surface area (Å²) in [7, 11) is 1.42. The van der Waals surface area contributed by atoms with Gasteiger partial charge in [0.2, 0.25) is 24.0 Å². The molecule has 5 atom stereocenters. The van der Waals surface area contributed by atoms with Crippen molar-refractivity contribution < 1.29 is 62.8 Å². The van der Waals surface area contributed by atoms with Crippen molar-refractivity contribution in [1.29, 1.82) is 0 Å². The number of hydrogen-bond acceptors (Lipinski definition) is 14. The Morgan fingerprint density at radius 1 is 1.10 bits per heavy atom. The fourth-order valence-electron chi connectivity index (χ4n) is 5.18. The van der Waals surface area contributed by atoms with Crippen molar-refractivity contribution in [3.8, 4) is 5.75 Å². The highest BCUT2D eigenvalue weighted by Gasteiger charge is 2.36. The third-order valence-corrected chi connectivity index (χ3v) is 7.90. The number of rotatable bonds is 18. The Morgan fingerprint density at radius 3 is 2.40 bits per heavy atom. The number of carbonyl (C=O) groups is 8. The lowest BCUT2D eigenvalue weighted by Crippen LogP contribution is -2.56. The van der Waals surface area contributed by atoms with E-state index in [1.165, 1.54) is 25.2 Å². The maximum Gasteiger partial charge on any atom is 0.410 e. The van der Waals surface area contributed by atoms with Gasteiger partial charge in [-0.2, -0.15) is 0 Å². The van der Waals surface area contributed by atoms with Gasteiger partial charge >= 0.3 is 12.1 Å². The predicted octanol–water partition coefficient (Wildman–Crippen LogP) is -1.87. The number of benzene rings is 1. The van der Waals surface area contributed by atoms with Crippen molar-refractivity contribution in [3.05, 3.63) is 35.9 Å². The molecule has 6 amide bonds. The van der Waals surface area contributed by atoms with Gasteiger partial charge in [-0.05, 0) is 23.6 Å². The minimum absolute atomic E-state index is 0.0306. The van der Waals surface area contributed by atoms with Gasteiger partial charge < -0.3 is 50.1 Å². The molecule has 1 aromatic carbocycles. The molecule has 2 aliphatic heterocycles. The van der Waals surface area contributed by atoms with Gasteiger partial charge in [-0.1, -0.05) is 19.9 Å². The average Bonchev–Trinajstić information content (AvgIpc) is 3.42. The SMILES string of the molecule is CC(C)C(C=O)N(C)C(=O)OCc1ccc(OC2CC(O)CC(C(=O)O)O2)c(NC(=O)CCNC(=O)CNC(=O)C(CNN)N2C(=O)C=CC2=O)c1. The number of aliphatic carboxylic acids is 1. The van der Waals surface area contributed by atoms with Gasteiger partial charge in [0, 0.05) is 51.6 Å². The standard InChI is InChI=1S/C32H43N7O13/c1-17(2)22(15-40)38(3)32(49)50-16-18-4-5-23(51-29-12-19(41)11-24(52-29)31(47)48)20(10-18)37-25(42)8-9-34-26(43)14-35-30(46)21(13-36-33)39-27(44)6-7-28(39)45/h4-7,10,15,17,19,21-22,24,29,36,41H,8-9,11-14,16,33H2,1-3H3,(H,34,43)(H,35,46)(H,37,42)(H,47,48). The van der Waals surface area contributed by atoms with Crippen molar-refractivity contribution in [2.24, 2.45) is 11.8 Å². The minimum atomic E-state index is -1.33. The topological polar surface area (TPSA) is 285 Å². The smallest absolute Gasteiger partial charge is 0.410 e. The third kappa shape index (κ3) is 11.5.